The smallest absolute Gasteiger partial charge is 0.418 e. The van der Waals surface area contributed by atoms with E-state index in [1.54, 1.807) is 31.7 Å². The number of carbonyl (C=O) groups is 1. The van der Waals surface area contributed by atoms with Crippen LogP contribution in [0.25, 0.3) is 0 Å². The molecule has 1 aliphatic heterocycles. The molecule has 0 saturated carbocycles. The Kier molecular flexibility index (Phi) is 5.85. The molecule has 1 fully saturated rings. The van der Waals surface area contributed by atoms with Gasteiger partial charge in [0.2, 0.25) is 0 Å². The van der Waals surface area contributed by atoms with Crippen molar-refractivity contribution >= 4 is 11.8 Å². The predicted octanol–water partition coefficient (Wildman–Crippen LogP) is 4.91. The molecule has 1 aliphatic rings. The Labute approximate surface area is 146 Å². The molecule has 1 N–H and O–H groups in total. The molecule has 1 atom stereocenters. The number of hydrogen-bond donors (Lipinski definition) is 1. The molecule has 0 bridgehead atoms. The first-order valence-corrected chi connectivity index (χ1v) is 8.47. The van der Waals surface area contributed by atoms with Crippen molar-refractivity contribution in [2.24, 2.45) is 0 Å². The first-order valence-electron chi connectivity index (χ1n) is 8.47. The molecule has 1 amide bonds. The summed E-state index contributed by atoms with van der Waals surface area (Å²) in [5, 5.41) is 2.87. The van der Waals surface area contributed by atoms with Crippen molar-refractivity contribution in [3.63, 3.8) is 0 Å². The highest BCUT2D eigenvalue weighted by Crippen LogP contribution is 2.34. The van der Waals surface area contributed by atoms with Crippen molar-refractivity contribution in [3.05, 3.63) is 29.8 Å². The van der Waals surface area contributed by atoms with Crippen molar-refractivity contribution in [2.75, 3.05) is 18.4 Å². The number of benzene rings is 1. The van der Waals surface area contributed by atoms with Gasteiger partial charge in [0.1, 0.15) is 5.60 Å². The second-order valence-corrected chi connectivity index (χ2v) is 7.25. The average molecular weight is 358 g/mol. The van der Waals surface area contributed by atoms with Gasteiger partial charge in [-0.1, -0.05) is 12.1 Å². The quantitative estimate of drug-likeness (QED) is 0.835. The van der Waals surface area contributed by atoms with Crippen LogP contribution in [0.4, 0.5) is 23.7 Å². The highest BCUT2D eigenvalue weighted by Gasteiger charge is 2.34. The van der Waals surface area contributed by atoms with Gasteiger partial charge in [-0.2, -0.15) is 13.2 Å². The van der Waals surface area contributed by atoms with Crippen molar-refractivity contribution in [1.29, 1.82) is 0 Å². The van der Waals surface area contributed by atoms with Crippen LogP contribution in [0.5, 0.6) is 0 Å². The molecular formula is C18H25F3N2O2. The number of amides is 1. The van der Waals surface area contributed by atoms with Crippen molar-refractivity contribution in [3.8, 4) is 0 Å². The number of nitrogens with one attached hydrogen (secondary N) is 1. The van der Waals surface area contributed by atoms with Crippen molar-refractivity contribution in [1.82, 2.24) is 4.90 Å². The van der Waals surface area contributed by atoms with Gasteiger partial charge in [-0.05, 0) is 52.2 Å². The predicted molar refractivity (Wildman–Crippen MR) is 90.5 cm³/mol. The number of halogens is 3. The molecular weight excluding hydrogens is 333 g/mol. The summed E-state index contributed by atoms with van der Waals surface area (Å²) in [4.78, 5) is 14.0. The van der Waals surface area contributed by atoms with Crippen LogP contribution in [-0.4, -0.2) is 35.7 Å². The highest BCUT2D eigenvalue weighted by molar-refractivity contribution is 5.69. The summed E-state index contributed by atoms with van der Waals surface area (Å²) in [6.07, 6.45) is -2.29. The third kappa shape index (κ3) is 5.54. The summed E-state index contributed by atoms with van der Waals surface area (Å²) in [7, 11) is 0. The van der Waals surface area contributed by atoms with Gasteiger partial charge >= 0.3 is 12.3 Å². The Bertz CT molecular complexity index is 597. The van der Waals surface area contributed by atoms with Gasteiger partial charge in [-0.3, -0.25) is 0 Å². The third-order valence-corrected chi connectivity index (χ3v) is 4.02. The Morgan fingerprint density at radius 1 is 1.24 bits per heavy atom. The lowest BCUT2D eigenvalue weighted by atomic mass is 10.0. The number of alkyl halides is 3. The summed E-state index contributed by atoms with van der Waals surface area (Å²) in [6, 6.07) is 5.19. The van der Waals surface area contributed by atoms with Crippen LogP contribution in [-0.2, 0) is 10.9 Å². The van der Waals surface area contributed by atoms with Crippen LogP contribution in [0.2, 0.25) is 0 Å². The van der Waals surface area contributed by atoms with Gasteiger partial charge in [-0.15, -0.1) is 0 Å². The van der Waals surface area contributed by atoms with Crippen LogP contribution >= 0.6 is 0 Å². The van der Waals surface area contributed by atoms with Crippen LogP contribution in [0.15, 0.2) is 24.3 Å². The lowest BCUT2D eigenvalue weighted by Gasteiger charge is -2.37. The van der Waals surface area contributed by atoms with Gasteiger partial charge in [0.25, 0.3) is 0 Å². The third-order valence-electron chi connectivity index (χ3n) is 4.02. The van der Waals surface area contributed by atoms with E-state index in [1.807, 2.05) is 0 Å². The van der Waals surface area contributed by atoms with Crippen LogP contribution in [0.1, 0.15) is 45.6 Å². The molecule has 140 valence electrons. The first-order chi connectivity index (χ1) is 11.6. The molecule has 2 rings (SSSR count). The Hall–Kier alpha value is -1.92. The van der Waals surface area contributed by atoms with E-state index < -0.39 is 23.4 Å². The van der Waals surface area contributed by atoms with Gasteiger partial charge < -0.3 is 15.0 Å². The first kappa shape index (κ1) is 19.4. The molecule has 1 heterocycles. The molecule has 0 radical (unpaired) electrons. The van der Waals surface area contributed by atoms with Crippen LogP contribution in [0, 0.1) is 0 Å². The van der Waals surface area contributed by atoms with E-state index in [4.69, 9.17) is 4.74 Å². The number of piperidine rings is 1. The van der Waals surface area contributed by atoms with Crippen molar-refractivity contribution < 1.29 is 22.7 Å². The minimum absolute atomic E-state index is 0.0321. The number of rotatable bonds is 3. The maximum atomic E-state index is 13.1. The number of ether oxygens (including phenoxy) is 1. The van der Waals surface area contributed by atoms with E-state index in [9.17, 15) is 18.0 Å². The number of anilines is 1. The Morgan fingerprint density at radius 3 is 2.56 bits per heavy atom. The zero-order valence-corrected chi connectivity index (χ0v) is 14.8. The van der Waals surface area contributed by atoms with E-state index in [1.165, 1.54) is 12.1 Å². The number of para-hydroxylation sites is 1. The largest absolute Gasteiger partial charge is 0.444 e. The molecule has 4 nitrogen and oxygen atoms in total. The molecule has 1 saturated heterocycles. The lowest BCUT2D eigenvalue weighted by molar-refractivity contribution is -0.137. The molecule has 7 heteroatoms. The fourth-order valence-electron chi connectivity index (χ4n) is 2.89. The molecule has 25 heavy (non-hydrogen) atoms. The molecule has 0 spiro atoms. The van der Waals surface area contributed by atoms with E-state index in [2.05, 4.69) is 5.32 Å². The van der Waals surface area contributed by atoms with Gasteiger partial charge in [-0.25, -0.2) is 4.79 Å². The maximum Gasteiger partial charge on any atom is 0.418 e. The van der Waals surface area contributed by atoms with Gasteiger partial charge in [0.15, 0.2) is 0 Å². The summed E-state index contributed by atoms with van der Waals surface area (Å²) in [5.41, 5.74) is -1.27. The van der Waals surface area contributed by atoms with Crippen LogP contribution < -0.4 is 5.32 Å². The molecule has 1 aromatic rings. The summed E-state index contributed by atoms with van der Waals surface area (Å²) >= 11 is 0. The summed E-state index contributed by atoms with van der Waals surface area (Å²) in [6.45, 7) is 6.19. The maximum absolute atomic E-state index is 13.1. The fourth-order valence-corrected chi connectivity index (χ4v) is 2.89. The molecule has 0 aromatic heterocycles. The Balaban J connectivity index is 2.07. The lowest BCUT2D eigenvalue weighted by Crippen LogP contribution is -2.49. The number of nitrogens with zero attached hydrogens (tertiary/aromatic N) is 1. The normalized spacial score (nSPS) is 18.8. The minimum atomic E-state index is -4.42. The summed E-state index contributed by atoms with van der Waals surface area (Å²) in [5.74, 6) is 0. The van der Waals surface area contributed by atoms with E-state index in [0.717, 1.165) is 25.3 Å². The van der Waals surface area contributed by atoms with Crippen LogP contribution in [0.3, 0.4) is 0 Å². The minimum Gasteiger partial charge on any atom is -0.444 e. The highest BCUT2D eigenvalue weighted by atomic mass is 19.4. The van der Waals surface area contributed by atoms with Gasteiger partial charge in [0, 0.05) is 18.8 Å². The van der Waals surface area contributed by atoms with E-state index >= 15 is 0 Å². The topological polar surface area (TPSA) is 41.6 Å². The zero-order valence-electron chi connectivity index (χ0n) is 14.8. The monoisotopic (exact) mass is 358 g/mol. The molecule has 1 aromatic carbocycles. The zero-order chi connectivity index (χ0) is 18.7. The number of likely N-dealkylation sites (tertiary alicyclic amines) is 1. The molecule has 1 unspecified atom stereocenters. The average Bonchev–Trinajstić information content (AvgIpc) is 2.51. The SMILES string of the molecule is CC(C)(C)OC(=O)N1CCCCC1CNc1ccccc1C(F)(F)F. The second kappa shape index (κ2) is 7.54. The van der Waals surface area contributed by atoms with Gasteiger partial charge in [0.05, 0.1) is 11.6 Å². The molecule has 0 aliphatic carbocycles. The fraction of sp³-hybridized carbons (Fsp3) is 0.611. The van der Waals surface area contributed by atoms with E-state index in [-0.39, 0.29) is 18.3 Å². The summed E-state index contributed by atoms with van der Waals surface area (Å²) < 4.78 is 44.7. The Morgan fingerprint density at radius 2 is 1.92 bits per heavy atom. The second-order valence-electron chi connectivity index (χ2n) is 7.25. The van der Waals surface area contributed by atoms with E-state index in [0.29, 0.717) is 6.54 Å². The number of carbonyl (C=O) groups excluding carboxylic acids is 1. The standard InChI is InChI=1S/C18H25F3N2O2/c1-17(2,3)25-16(24)23-11-7-6-8-13(23)12-22-15-10-5-4-9-14(15)18(19,20)21/h4-5,9-10,13,22H,6-8,11-12H2,1-3H3. The van der Waals surface area contributed by atoms with Crippen molar-refractivity contribution in [2.45, 2.75) is 57.9 Å². The number of hydrogen-bond acceptors (Lipinski definition) is 3.